The summed E-state index contributed by atoms with van der Waals surface area (Å²) in [6.07, 6.45) is 1.58. The van der Waals surface area contributed by atoms with Crippen LogP contribution in [0.3, 0.4) is 0 Å². The van der Waals surface area contributed by atoms with Crippen molar-refractivity contribution in [1.82, 2.24) is 4.98 Å². The molecule has 0 fully saturated rings. The topological polar surface area (TPSA) is 72.5 Å². The van der Waals surface area contributed by atoms with Crippen molar-refractivity contribution < 1.29 is 14.3 Å². The molecule has 1 heterocycles. The van der Waals surface area contributed by atoms with Gasteiger partial charge in [-0.3, -0.25) is 4.79 Å². The number of nitrogens with zero attached hydrogens (tertiary/aromatic N) is 1. The summed E-state index contributed by atoms with van der Waals surface area (Å²) in [5, 5.41) is 6.55. The number of nitrogens with one attached hydrogen (secondary N) is 2. The van der Waals surface area contributed by atoms with Gasteiger partial charge in [-0.1, -0.05) is 11.6 Å². The number of aromatic nitrogens is 1. The largest absolute Gasteiger partial charge is 0.493 e. The lowest BCUT2D eigenvalue weighted by Gasteiger charge is -2.11. The van der Waals surface area contributed by atoms with Crippen LogP contribution in [0.2, 0.25) is 5.02 Å². The zero-order valence-corrected chi connectivity index (χ0v) is 15.6. The Balaban J connectivity index is 1.66. The van der Waals surface area contributed by atoms with E-state index in [1.165, 1.54) is 0 Å². The average Bonchev–Trinajstić information content (AvgIpc) is 2.69. The molecule has 0 radical (unpaired) electrons. The number of benzene rings is 2. The van der Waals surface area contributed by atoms with E-state index >= 15 is 0 Å². The number of pyridine rings is 1. The van der Waals surface area contributed by atoms with Crippen LogP contribution in [0, 0.1) is 0 Å². The van der Waals surface area contributed by atoms with Gasteiger partial charge in [-0.15, -0.1) is 0 Å². The first-order valence-electron chi connectivity index (χ1n) is 8.11. The molecule has 1 aromatic heterocycles. The fourth-order valence-electron chi connectivity index (χ4n) is 2.41. The molecular weight excluding hydrogens is 366 g/mol. The summed E-state index contributed by atoms with van der Waals surface area (Å²) < 4.78 is 10.5. The first-order chi connectivity index (χ1) is 13.1. The van der Waals surface area contributed by atoms with Crippen molar-refractivity contribution in [1.29, 1.82) is 0 Å². The van der Waals surface area contributed by atoms with Gasteiger partial charge in [0.25, 0.3) is 5.91 Å². The standard InChI is InChI=1S/C20H18ClN3O3/c1-26-17-9-7-15(11-18(17)27-2)23-19-10-8-16(12-22-19)24-20(25)13-3-5-14(21)6-4-13/h3-12H,1-2H3,(H,22,23)(H,24,25). The summed E-state index contributed by atoms with van der Waals surface area (Å²) in [6, 6.07) is 15.7. The van der Waals surface area contributed by atoms with Crippen LogP contribution in [0.4, 0.5) is 17.2 Å². The molecule has 0 unspecified atom stereocenters. The summed E-state index contributed by atoms with van der Waals surface area (Å²) in [5.74, 6) is 1.67. The Hall–Kier alpha value is -3.25. The van der Waals surface area contributed by atoms with E-state index in [4.69, 9.17) is 21.1 Å². The van der Waals surface area contributed by atoms with Crippen molar-refractivity contribution in [2.45, 2.75) is 0 Å². The van der Waals surface area contributed by atoms with Crippen LogP contribution in [0.25, 0.3) is 0 Å². The third-order valence-electron chi connectivity index (χ3n) is 3.78. The molecule has 6 nitrogen and oxygen atoms in total. The minimum atomic E-state index is -0.228. The second kappa shape index (κ2) is 8.42. The number of amides is 1. The Labute approximate surface area is 162 Å². The molecule has 0 aliphatic carbocycles. The zero-order chi connectivity index (χ0) is 19.2. The summed E-state index contributed by atoms with van der Waals surface area (Å²) in [6.45, 7) is 0. The Kier molecular flexibility index (Phi) is 5.78. The number of carbonyl (C=O) groups is 1. The molecule has 3 rings (SSSR count). The van der Waals surface area contributed by atoms with Gasteiger partial charge in [0.2, 0.25) is 0 Å². The quantitative estimate of drug-likeness (QED) is 0.642. The highest BCUT2D eigenvalue weighted by Gasteiger charge is 2.07. The predicted molar refractivity (Wildman–Crippen MR) is 106 cm³/mol. The fraction of sp³-hybridized carbons (Fsp3) is 0.100. The highest BCUT2D eigenvalue weighted by Crippen LogP contribution is 2.30. The maximum Gasteiger partial charge on any atom is 0.255 e. The average molecular weight is 384 g/mol. The van der Waals surface area contributed by atoms with E-state index in [1.807, 2.05) is 18.2 Å². The van der Waals surface area contributed by atoms with Crippen LogP contribution < -0.4 is 20.1 Å². The summed E-state index contributed by atoms with van der Waals surface area (Å²) >= 11 is 5.83. The predicted octanol–water partition coefficient (Wildman–Crippen LogP) is 4.75. The number of ether oxygens (including phenoxy) is 2. The van der Waals surface area contributed by atoms with E-state index < -0.39 is 0 Å². The Bertz CT molecular complexity index is 928. The molecule has 0 aliphatic rings. The first-order valence-corrected chi connectivity index (χ1v) is 8.49. The Morgan fingerprint density at radius 3 is 2.26 bits per heavy atom. The number of rotatable bonds is 6. The van der Waals surface area contributed by atoms with Gasteiger partial charge in [-0.2, -0.15) is 0 Å². The van der Waals surface area contributed by atoms with Crippen molar-refractivity contribution in [3.05, 3.63) is 71.4 Å². The summed E-state index contributed by atoms with van der Waals surface area (Å²) in [4.78, 5) is 16.5. The Morgan fingerprint density at radius 1 is 0.926 bits per heavy atom. The van der Waals surface area contributed by atoms with Crippen molar-refractivity contribution >= 4 is 34.7 Å². The van der Waals surface area contributed by atoms with Crippen LogP contribution >= 0.6 is 11.6 Å². The molecule has 7 heteroatoms. The summed E-state index contributed by atoms with van der Waals surface area (Å²) in [5.41, 5.74) is 1.91. The Morgan fingerprint density at radius 2 is 1.63 bits per heavy atom. The molecule has 0 saturated heterocycles. The molecule has 2 N–H and O–H groups in total. The smallest absolute Gasteiger partial charge is 0.255 e. The van der Waals surface area contributed by atoms with Gasteiger partial charge < -0.3 is 20.1 Å². The molecule has 3 aromatic rings. The third-order valence-corrected chi connectivity index (χ3v) is 4.04. The van der Waals surface area contributed by atoms with E-state index in [0.29, 0.717) is 33.6 Å². The number of hydrogen-bond donors (Lipinski definition) is 2. The molecule has 0 aliphatic heterocycles. The number of hydrogen-bond acceptors (Lipinski definition) is 5. The molecule has 0 bridgehead atoms. The lowest BCUT2D eigenvalue weighted by Crippen LogP contribution is -2.11. The van der Waals surface area contributed by atoms with E-state index in [-0.39, 0.29) is 5.91 Å². The fourth-order valence-corrected chi connectivity index (χ4v) is 2.53. The zero-order valence-electron chi connectivity index (χ0n) is 14.8. The van der Waals surface area contributed by atoms with Crippen LogP contribution in [0.1, 0.15) is 10.4 Å². The van der Waals surface area contributed by atoms with Gasteiger partial charge in [-0.25, -0.2) is 4.98 Å². The van der Waals surface area contributed by atoms with E-state index in [2.05, 4.69) is 15.6 Å². The van der Waals surface area contributed by atoms with Crippen molar-refractivity contribution in [2.75, 3.05) is 24.9 Å². The molecule has 2 aromatic carbocycles. The molecule has 1 amide bonds. The first kappa shape index (κ1) is 18.5. The van der Waals surface area contributed by atoms with Crippen LogP contribution in [-0.2, 0) is 0 Å². The van der Waals surface area contributed by atoms with Crippen LogP contribution in [-0.4, -0.2) is 25.1 Å². The van der Waals surface area contributed by atoms with Crippen molar-refractivity contribution in [3.8, 4) is 11.5 Å². The lowest BCUT2D eigenvalue weighted by molar-refractivity contribution is 0.102. The normalized spacial score (nSPS) is 10.2. The molecular formula is C20H18ClN3O3. The monoisotopic (exact) mass is 383 g/mol. The molecule has 0 atom stereocenters. The summed E-state index contributed by atoms with van der Waals surface area (Å²) in [7, 11) is 3.17. The van der Waals surface area contributed by atoms with Gasteiger partial charge in [0.1, 0.15) is 5.82 Å². The van der Waals surface area contributed by atoms with Gasteiger partial charge in [0.15, 0.2) is 11.5 Å². The van der Waals surface area contributed by atoms with E-state index in [9.17, 15) is 4.79 Å². The van der Waals surface area contributed by atoms with Crippen LogP contribution in [0.15, 0.2) is 60.8 Å². The number of methoxy groups -OCH3 is 2. The number of halogens is 1. The minimum Gasteiger partial charge on any atom is -0.493 e. The molecule has 27 heavy (non-hydrogen) atoms. The second-order valence-electron chi connectivity index (χ2n) is 5.59. The van der Waals surface area contributed by atoms with E-state index in [0.717, 1.165) is 5.69 Å². The van der Waals surface area contributed by atoms with Crippen LogP contribution in [0.5, 0.6) is 11.5 Å². The number of carbonyl (C=O) groups excluding carboxylic acids is 1. The van der Waals surface area contributed by atoms with Gasteiger partial charge >= 0.3 is 0 Å². The third kappa shape index (κ3) is 4.68. The minimum absolute atomic E-state index is 0.228. The maximum absolute atomic E-state index is 12.2. The second-order valence-corrected chi connectivity index (χ2v) is 6.02. The highest BCUT2D eigenvalue weighted by atomic mass is 35.5. The van der Waals surface area contributed by atoms with Crippen molar-refractivity contribution in [2.24, 2.45) is 0 Å². The number of anilines is 3. The molecule has 0 spiro atoms. The molecule has 0 saturated carbocycles. The van der Waals surface area contributed by atoms with Gasteiger partial charge in [-0.05, 0) is 48.5 Å². The highest BCUT2D eigenvalue weighted by molar-refractivity contribution is 6.30. The van der Waals surface area contributed by atoms with Crippen molar-refractivity contribution in [3.63, 3.8) is 0 Å². The van der Waals surface area contributed by atoms with E-state index in [1.54, 1.807) is 56.8 Å². The maximum atomic E-state index is 12.2. The van der Waals surface area contributed by atoms with Gasteiger partial charge in [0, 0.05) is 22.3 Å². The molecule has 138 valence electrons. The lowest BCUT2D eigenvalue weighted by atomic mass is 10.2. The SMILES string of the molecule is COc1ccc(Nc2ccc(NC(=O)c3ccc(Cl)cc3)cn2)cc1OC. The van der Waals surface area contributed by atoms with Gasteiger partial charge in [0.05, 0.1) is 26.1 Å².